The summed E-state index contributed by atoms with van der Waals surface area (Å²) in [4.78, 5) is 16.3. The topological polar surface area (TPSA) is 73.6 Å². The van der Waals surface area contributed by atoms with Crippen molar-refractivity contribution in [3.8, 4) is 17.4 Å². The van der Waals surface area contributed by atoms with Gasteiger partial charge in [0, 0.05) is 24.4 Å². The average molecular weight is 352 g/mol. The van der Waals surface area contributed by atoms with Gasteiger partial charge in [0.1, 0.15) is 0 Å². The first-order chi connectivity index (χ1) is 12.7. The van der Waals surface area contributed by atoms with E-state index in [1.165, 1.54) is 6.26 Å². The molecule has 1 amide bonds. The van der Waals surface area contributed by atoms with Crippen LogP contribution in [0, 0.1) is 6.92 Å². The third-order valence-corrected chi connectivity index (χ3v) is 3.68. The van der Waals surface area contributed by atoms with Gasteiger partial charge in [-0.2, -0.15) is 0 Å². The lowest BCUT2D eigenvalue weighted by Gasteiger charge is -2.11. The van der Waals surface area contributed by atoms with E-state index in [1.807, 2.05) is 44.2 Å². The van der Waals surface area contributed by atoms with Gasteiger partial charge in [0.05, 0.1) is 12.9 Å². The van der Waals surface area contributed by atoms with Gasteiger partial charge in [-0.1, -0.05) is 18.2 Å². The first kappa shape index (κ1) is 17.5. The molecule has 3 rings (SSSR count). The molecule has 0 spiro atoms. The van der Waals surface area contributed by atoms with E-state index in [0.717, 1.165) is 11.1 Å². The number of pyridine rings is 1. The number of aromatic nitrogens is 1. The van der Waals surface area contributed by atoms with Crippen molar-refractivity contribution in [3.05, 3.63) is 71.8 Å². The molecule has 1 aromatic carbocycles. The number of carbonyl (C=O) groups is 1. The molecule has 2 heterocycles. The summed E-state index contributed by atoms with van der Waals surface area (Å²) in [6.07, 6.45) is 3.16. The number of aryl methyl sites for hydroxylation is 1. The van der Waals surface area contributed by atoms with Crippen molar-refractivity contribution in [2.75, 3.05) is 6.61 Å². The Hall–Kier alpha value is -3.28. The molecule has 0 fully saturated rings. The second-order valence-electron chi connectivity index (χ2n) is 5.60. The van der Waals surface area contributed by atoms with E-state index >= 15 is 0 Å². The monoisotopic (exact) mass is 352 g/mol. The van der Waals surface area contributed by atoms with Crippen molar-refractivity contribution >= 4 is 5.91 Å². The number of rotatable bonds is 7. The number of ether oxygens (including phenoxy) is 2. The summed E-state index contributed by atoms with van der Waals surface area (Å²) in [6.45, 7) is 4.65. The van der Waals surface area contributed by atoms with Crippen LogP contribution in [0.2, 0.25) is 0 Å². The first-order valence-electron chi connectivity index (χ1n) is 8.34. The quantitative estimate of drug-likeness (QED) is 0.693. The molecular formula is C20H20N2O4. The molecule has 6 nitrogen and oxygen atoms in total. The lowest BCUT2D eigenvalue weighted by Crippen LogP contribution is -2.23. The minimum atomic E-state index is -0.251. The minimum absolute atomic E-state index is 0.251. The van der Waals surface area contributed by atoms with Gasteiger partial charge in [-0.15, -0.1) is 0 Å². The highest BCUT2D eigenvalue weighted by Crippen LogP contribution is 2.30. The Balaban J connectivity index is 1.60. The third-order valence-electron chi connectivity index (χ3n) is 3.68. The van der Waals surface area contributed by atoms with E-state index < -0.39 is 0 Å². The standard InChI is InChI=1S/C20H20N2O4/c1-3-24-16-6-4-5-7-17(16)26-18-9-8-15(12-21-18)13-22-20(23)19-14(2)10-11-25-19/h4-12H,3,13H2,1-2H3,(H,22,23). The molecule has 0 unspecified atom stereocenters. The van der Waals surface area contributed by atoms with Gasteiger partial charge in [0.2, 0.25) is 5.88 Å². The van der Waals surface area contributed by atoms with Crippen molar-refractivity contribution in [3.63, 3.8) is 0 Å². The van der Waals surface area contributed by atoms with Crippen molar-refractivity contribution in [2.24, 2.45) is 0 Å². The Morgan fingerprint density at radius 2 is 1.96 bits per heavy atom. The molecule has 0 saturated heterocycles. The molecule has 2 aromatic heterocycles. The Morgan fingerprint density at radius 1 is 1.15 bits per heavy atom. The fraction of sp³-hybridized carbons (Fsp3) is 0.200. The van der Waals surface area contributed by atoms with Gasteiger partial charge in [-0.3, -0.25) is 4.79 Å². The zero-order chi connectivity index (χ0) is 18.4. The smallest absolute Gasteiger partial charge is 0.287 e. The zero-order valence-corrected chi connectivity index (χ0v) is 14.7. The summed E-state index contributed by atoms with van der Waals surface area (Å²) in [5.74, 6) is 1.80. The summed E-state index contributed by atoms with van der Waals surface area (Å²) in [7, 11) is 0. The molecule has 0 aliphatic heterocycles. The molecule has 26 heavy (non-hydrogen) atoms. The van der Waals surface area contributed by atoms with Crippen LogP contribution in [0.15, 0.2) is 59.3 Å². The van der Waals surface area contributed by atoms with Crippen LogP contribution in [0.4, 0.5) is 0 Å². The van der Waals surface area contributed by atoms with Crippen LogP contribution in [0.3, 0.4) is 0 Å². The van der Waals surface area contributed by atoms with Crippen molar-refractivity contribution < 1.29 is 18.7 Å². The summed E-state index contributed by atoms with van der Waals surface area (Å²) in [5, 5.41) is 2.80. The highest BCUT2D eigenvalue weighted by molar-refractivity contribution is 5.92. The molecule has 0 bridgehead atoms. The molecule has 6 heteroatoms. The van der Waals surface area contributed by atoms with E-state index in [4.69, 9.17) is 13.9 Å². The number of amides is 1. The maximum atomic E-state index is 12.0. The zero-order valence-electron chi connectivity index (χ0n) is 14.7. The van der Waals surface area contributed by atoms with Gasteiger partial charge < -0.3 is 19.2 Å². The molecular weight excluding hydrogens is 332 g/mol. The van der Waals surface area contributed by atoms with E-state index in [0.29, 0.717) is 36.3 Å². The normalized spacial score (nSPS) is 10.4. The van der Waals surface area contributed by atoms with Crippen LogP contribution in [0.25, 0.3) is 0 Å². The number of nitrogens with one attached hydrogen (secondary N) is 1. The summed E-state index contributed by atoms with van der Waals surface area (Å²) < 4.78 is 16.5. The lowest BCUT2D eigenvalue weighted by molar-refractivity contribution is 0.0922. The predicted octanol–water partition coefficient (Wildman–Crippen LogP) is 4.10. The van der Waals surface area contributed by atoms with Gasteiger partial charge in [-0.25, -0.2) is 4.98 Å². The Kier molecular flexibility index (Phi) is 5.53. The van der Waals surface area contributed by atoms with Crippen LogP contribution in [-0.2, 0) is 6.54 Å². The fourth-order valence-electron chi connectivity index (χ4n) is 2.37. The Bertz CT molecular complexity index is 872. The predicted molar refractivity (Wildman–Crippen MR) is 96.5 cm³/mol. The second kappa shape index (κ2) is 8.20. The molecule has 134 valence electrons. The third kappa shape index (κ3) is 4.22. The van der Waals surface area contributed by atoms with Crippen LogP contribution >= 0.6 is 0 Å². The number of hydrogen-bond acceptors (Lipinski definition) is 5. The van der Waals surface area contributed by atoms with Gasteiger partial charge in [0.15, 0.2) is 17.3 Å². The van der Waals surface area contributed by atoms with E-state index in [1.54, 1.807) is 18.3 Å². The number of carbonyl (C=O) groups excluding carboxylic acids is 1. The first-order valence-corrected chi connectivity index (χ1v) is 8.34. The maximum absolute atomic E-state index is 12.0. The molecule has 0 aliphatic rings. The summed E-state index contributed by atoms with van der Waals surface area (Å²) >= 11 is 0. The van der Waals surface area contributed by atoms with Crippen molar-refractivity contribution in [2.45, 2.75) is 20.4 Å². The van der Waals surface area contributed by atoms with Crippen molar-refractivity contribution in [1.29, 1.82) is 0 Å². The highest BCUT2D eigenvalue weighted by Gasteiger charge is 2.12. The SMILES string of the molecule is CCOc1ccccc1Oc1ccc(CNC(=O)c2occc2C)cn1. The molecule has 3 aromatic rings. The second-order valence-corrected chi connectivity index (χ2v) is 5.60. The fourth-order valence-corrected chi connectivity index (χ4v) is 2.37. The number of benzene rings is 1. The van der Waals surface area contributed by atoms with E-state index in [-0.39, 0.29) is 5.91 Å². The minimum Gasteiger partial charge on any atom is -0.490 e. The van der Waals surface area contributed by atoms with Gasteiger partial charge in [-0.05, 0) is 37.6 Å². The molecule has 1 N–H and O–H groups in total. The van der Waals surface area contributed by atoms with E-state index in [2.05, 4.69) is 10.3 Å². The number of hydrogen-bond donors (Lipinski definition) is 1. The van der Waals surface area contributed by atoms with Gasteiger partial charge >= 0.3 is 0 Å². The largest absolute Gasteiger partial charge is 0.490 e. The van der Waals surface area contributed by atoms with Crippen LogP contribution in [0.5, 0.6) is 17.4 Å². The Morgan fingerprint density at radius 3 is 2.62 bits per heavy atom. The van der Waals surface area contributed by atoms with Crippen LogP contribution in [-0.4, -0.2) is 17.5 Å². The average Bonchev–Trinajstić information content (AvgIpc) is 3.09. The van der Waals surface area contributed by atoms with E-state index in [9.17, 15) is 4.79 Å². The number of para-hydroxylation sites is 2. The maximum Gasteiger partial charge on any atom is 0.287 e. The number of nitrogens with zero attached hydrogens (tertiary/aromatic N) is 1. The highest BCUT2D eigenvalue weighted by atomic mass is 16.5. The number of furan rings is 1. The molecule has 0 aliphatic carbocycles. The summed E-state index contributed by atoms with van der Waals surface area (Å²) in [5.41, 5.74) is 1.66. The van der Waals surface area contributed by atoms with Gasteiger partial charge in [0.25, 0.3) is 5.91 Å². The Labute approximate surface area is 151 Å². The van der Waals surface area contributed by atoms with Crippen molar-refractivity contribution in [1.82, 2.24) is 10.3 Å². The molecule has 0 radical (unpaired) electrons. The van der Waals surface area contributed by atoms with Crippen LogP contribution < -0.4 is 14.8 Å². The van der Waals surface area contributed by atoms with Crippen LogP contribution in [0.1, 0.15) is 28.6 Å². The summed E-state index contributed by atoms with van der Waals surface area (Å²) in [6, 6.07) is 12.8. The lowest BCUT2D eigenvalue weighted by atomic mass is 10.2. The molecule has 0 atom stereocenters. The molecule has 0 saturated carbocycles.